The third-order valence-electron chi connectivity index (χ3n) is 6.19. The van der Waals surface area contributed by atoms with Gasteiger partial charge in [0.15, 0.2) is 0 Å². The number of halogens is 2. The van der Waals surface area contributed by atoms with Crippen LogP contribution < -0.4 is 5.01 Å². The van der Waals surface area contributed by atoms with Gasteiger partial charge in [0.2, 0.25) is 5.95 Å². The molecule has 6 heteroatoms. The van der Waals surface area contributed by atoms with E-state index < -0.39 is 0 Å². The molecule has 4 aromatic carbocycles. The highest BCUT2D eigenvalue weighted by molar-refractivity contribution is 9.10. The summed E-state index contributed by atoms with van der Waals surface area (Å²) in [6.07, 6.45) is 0.764. The van der Waals surface area contributed by atoms with E-state index in [1.807, 2.05) is 41.4 Å². The lowest BCUT2D eigenvalue weighted by Crippen LogP contribution is -2.21. The number of rotatable bonds is 4. The van der Waals surface area contributed by atoms with Crippen LogP contribution in [0.2, 0.25) is 0 Å². The summed E-state index contributed by atoms with van der Waals surface area (Å²) >= 11 is 7.10. The Morgan fingerprint density at radius 3 is 2.06 bits per heavy atom. The van der Waals surface area contributed by atoms with Crippen molar-refractivity contribution in [1.82, 2.24) is 9.97 Å². The van der Waals surface area contributed by atoms with Gasteiger partial charge in [0, 0.05) is 26.3 Å². The molecule has 0 N–H and O–H groups in total. The molecule has 0 radical (unpaired) electrons. The van der Waals surface area contributed by atoms with Crippen LogP contribution in [0.25, 0.3) is 22.2 Å². The van der Waals surface area contributed by atoms with Gasteiger partial charge in [-0.2, -0.15) is 5.10 Å². The van der Waals surface area contributed by atoms with Gasteiger partial charge in [-0.1, -0.05) is 105 Å². The predicted octanol–water partition coefficient (Wildman–Crippen LogP) is 8.18. The van der Waals surface area contributed by atoms with Crippen LogP contribution in [0, 0.1) is 0 Å². The maximum Gasteiger partial charge on any atom is 0.247 e. The van der Waals surface area contributed by atoms with Gasteiger partial charge in [-0.3, -0.25) is 0 Å². The molecule has 1 aliphatic rings. The van der Waals surface area contributed by atoms with Crippen molar-refractivity contribution in [2.75, 3.05) is 5.01 Å². The number of para-hydroxylation sites is 1. The number of benzene rings is 4. The number of nitrogens with zero attached hydrogens (tertiary/aromatic N) is 4. The molecule has 1 aliphatic heterocycles. The van der Waals surface area contributed by atoms with Crippen molar-refractivity contribution in [1.29, 1.82) is 0 Å². The van der Waals surface area contributed by atoms with Crippen molar-refractivity contribution in [2.45, 2.75) is 12.5 Å². The van der Waals surface area contributed by atoms with Gasteiger partial charge in [-0.25, -0.2) is 15.0 Å². The minimum Gasteiger partial charge on any atom is -0.223 e. The van der Waals surface area contributed by atoms with E-state index in [1.54, 1.807) is 0 Å². The van der Waals surface area contributed by atoms with Crippen LogP contribution in [0.15, 0.2) is 117 Å². The zero-order valence-corrected chi connectivity index (χ0v) is 21.8. The summed E-state index contributed by atoms with van der Waals surface area (Å²) in [5, 5.41) is 8.09. The number of aromatic nitrogens is 2. The zero-order chi connectivity index (χ0) is 23.8. The third kappa shape index (κ3) is 4.40. The second-order valence-corrected chi connectivity index (χ2v) is 10.3. The Morgan fingerprint density at radius 1 is 0.657 bits per heavy atom. The van der Waals surface area contributed by atoms with Crippen LogP contribution in [0.4, 0.5) is 5.95 Å². The molecule has 0 saturated heterocycles. The van der Waals surface area contributed by atoms with E-state index in [4.69, 9.17) is 15.1 Å². The lowest BCUT2D eigenvalue weighted by Gasteiger charge is -2.23. The summed E-state index contributed by atoms with van der Waals surface area (Å²) in [7, 11) is 0. The monoisotopic (exact) mass is 582 g/mol. The van der Waals surface area contributed by atoms with Crippen molar-refractivity contribution >= 4 is 54.4 Å². The quantitative estimate of drug-likeness (QED) is 0.214. The standard InChI is InChI=1S/C29H20Br2N4/c30-22-14-10-19(11-15-22)26-18-27(20-12-16-23(31)17-13-20)35(34-26)29-32-25-9-5-4-8-24(25)28(33-29)21-6-2-1-3-7-21/h1-17,27H,18H2/t27-/m1/s1. The lowest BCUT2D eigenvalue weighted by atomic mass is 9.98. The summed E-state index contributed by atoms with van der Waals surface area (Å²) in [5.74, 6) is 0.600. The van der Waals surface area contributed by atoms with Crippen molar-refractivity contribution < 1.29 is 0 Å². The first-order chi connectivity index (χ1) is 17.2. The first-order valence-electron chi connectivity index (χ1n) is 11.4. The second-order valence-electron chi connectivity index (χ2n) is 8.43. The number of anilines is 1. The Labute approximate surface area is 220 Å². The predicted molar refractivity (Wildman–Crippen MR) is 150 cm³/mol. The molecule has 1 aromatic heterocycles. The fourth-order valence-corrected chi connectivity index (χ4v) is 4.97. The van der Waals surface area contributed by atoms with Crippen molar-refractivity contribution in [2.24, 2.45) is 5.10 Å². The molecule has 0 amide bonds. The van der Waals surface area contributed by atoms with Crippen molar-refractivity contribution in [3.05, 3.63) is 123 Å². The SMILES string of the molecule is Brc1ccc(C2=NN(c3nc(-c4ccccc4)c4ccccc4n3)[C@@H](c3ccc(Br)cc3)C2)cc1. The minimum atomic E-state index is -0.00784. The molecule has 35 heavy (non-hydrogen) atoms. The molecule has 5 aromatic rings. The molecule has 0 saturated carbocycles. The Balaban J connectivity index is 1.52. The summed E-state index contributed by atoms with van der Waals surface area (Å²) in [4.78, 5) is 10.0. The smallest absolute Gasteiger partial charge is 0.223 e. The maximum atomic E-state index is 5.08. The molecule has 2 heterocycles. The largest absolute Gasteiger partial charge is 0.247 e. The summed E-state index contributed by atoms with van der Waals surface area (Å²) < 4.78 is 2.10. The van der Waals surface area contributed by atoms with Gasteiger partial charge < -0.3 is 0 Å². The molecular formula is C29H20Br2N4. The average Bonchev–Trinajstić information content (AvgIpc) is 3.35. The number of hydrogen-bond donors (Lipinski definition) is 0. The molecule has 0 aliphatic carbocycles. The highest BCUT2D eigenvalue weighted by Gasteiger charge is 2.32. The Morgan fingerprint density at radius 2 is 1.31 bits per heavy atom. The van der Waals surface area contributed by atoms with E-state index in [2.05, 4.69) is 98.6 Å². The van der Waals surface area contributed by atoms with Gasteiger partial charge in [0.1, 0.15) is 0 Å². The molecule has 170 valence electrons. The topological polar surface area (TPSA) is 41.4 Å². The Kier molecular flexibility index (Phi) is 5.92. The van der Waals surface area contributed by atoms with Gasteiger partial charge in [0.25, 0.3) is 0 Å². The van der Waals surface area contributed by atoms with Gasteiger partial charge >= 0.3 is 0 Å². The highest BCUT2D eigenvalue weighted by Crippen LogP contribution is 2.38. The molecule has 0 spiro atoms. The van der Waals surface area contributed by atoms with Crippen LogP contribution in [-0.2, 0) is 0 Å². The van der Waals surface area contributed by atoms with Crippen LogP contribution in [0.5, 0.6) is 0 Å². The van der Waals surface area contributed by atoms with Crippen LogP contribution in [-0.4, -0.2) is 15.7 Å². The van der Waals surface area contributed by atoms with Crippen molar-refractivity contribution in [3.8, 4) is 11.3 Å². The van der Waals surface area contributed by atoms with Gasteiger partial charge in [-0.05, 0) is 41.5 Å². The molecule has 4 nitrogen and oxygen atoms in total. The molecule has 0 fully saturated rings. The Bertz CT molecular complexity index is 1530. The molecular weight excluding hydrogens is 564 g/mol. The molecule has 1 atom stereocenters. The Hall–Kier alpha value is -3.35. The maximum absolute atomic E-state index is 5.08. The number of fused-ring (bicyclic) bond motifs is 1. The van der Waals surface area contributed by atoms with E-state index in [0.29, 0.717) is 5.95 Å². The van der Waals surface area contributed by atoms with E-state index in [1.165, 1.54) is 5.56 Å². The first-order valence-corrected chi connectivity index (χ1v) is 12.9. The van der Waals surface area contributed by atoms with E-state index in [-0.39, 0.29) is 6.04 Å². The summed E-state index contributed by atoms with van der Waals surface area (Å²) in [6.45, 7) is 0. The van der Waals surface area contributed by atoms with E-state index in [0.717, 1.165) is 48.8 Å². The van der Waals surface area contributed by atoms with Crippen LogP contribution in [0.3, 0.4) is 0 Å². The minimum absolute atomic E-state index is 0.00784. The first kappa shape index (κ1) is 22.1. The lowest BCUT2D eigenvalue weighted by molar-refractivity contribution is 0.689. The number of hydrazone groups is 1. The summed E-state index contributed by atoms with van der Waals surface area (Å²) in [6, 6.07) is 35.1. The normalized spacial score (nSPS) is 15.4. The van der Waals surface area contributed by atoms with E-state index in [9.17, 15) is 0 Å². The van der Waals surface area contributed by atoms with Crippen molar-refractivity contribution in [3.63, 3.8) is 0 Å². The third-order valence-corrected chi connectivity index (χ3v) is 7.24. The van der Waals surface area contributed by atoms with Crippen LogP contribution >= 0.6 is 31.9 Å². The number of hydrogen-bond acceptors (Lipinski definition) is 4. The molecule has 6 rings (SSSR count). The van der Waals surface area contributed by atoms with Gasteiger partial charge in [-0.15, -0.1) is 0 Å². The second kappa shape index (κ2) is 9.36. The zero-order valence-electron chi connectivity index (χ0n) is 18.6. The molecule has 0 unspecified atom stereocenters. The molecule has 0 bridgehead atoms. The van der Waals surface area contributed by atoms with Crippen LogP contribution in [0.1, 0.15) is 23.6 Å². The highest BCUT2D eigenvalue weighted by atomic mass is 79.9. The van der Waals surface area contributed by atoms with E-state index >= 15 is 0 Å². The fraction of sp³-hybridized carbons (Fsp3) is 0.0690. The summed E-state index contributed by atoms with van der Waals surface area (Å²) in [5.41, 5.74) is 6.16. The fourth-order valence-electron chi connectivity index (χ4n) is 4.44. The average molecular weight is 584 g/mol. The van der Waals surface area contributed by atoms with Gasteiger partial charge in [0.05, 0.1) is 23.0 Å².